The predicted molar refractivity (Wildman–Crippen MR) is 22.5 cm³/mol. The lowest BCUT2D eigenvalue weighted by Gasteiger charge is -1.98. The highest BCUT2D eigenvalue weighted by molar-refractivity contribution is 4.25. The molecular weight excluding hydrogens is 102 g/mol. The maximum Gasteiger partial charge on any atom is 0.196 e. The Labute approximate surface area is 41.3 Å². The summed E-state index contributed by atoms with van der Waals surface area (Å²) in [6.07, 6.45) is -1.34. The van der Waals surface area contributed by atoms with E-state index < -0.39 is 13.0 Å². The summed E-state index contributed by atoms with van der Waals surface area (Å²) in [7, 11) is 0. The Bertz CT molecular complexity index is 38.7. The van der Waals surface area contributed by atoms with E-state index in [0.29, 0.717) is 0 Å². The van der Waals surface area contributed by atoms with Crippen LogP contribution in [0.1, 0.15) is 6.92 Å². The third kappa shape index (κ3) is 5.82. The van der Waals surface area contributed by atoms with E-state index in [1.54, 1.807) is 0 Å². The number of ether oxygens (including phenoxy) is 1. The Kier molecular flexibility index (Phi) is 3.89. The molecule has 0 bridgehead atoms. The number of halogens is 2. The zero-order chi connectivity index (χ0) is 5.70. The van der Waals surface area contributed by atoms with E-state index in [9.17, 15) is 8.78 Å². The maximum absolute atomic E-state index is 11.5. The average molecular weight is 110 g/mol. The molecule has 0 radical (unpaired) electrons. The van der Waals surface area contributed by atoms with Gasteiger partial charge in [0, 0.05) is 0 Å². The van der Waals surface area contributed by atoms with Crippen molar-refractivity contribution in [3.05, 3.63) is 0 Å². The Morgan fingerprint density at radius 1 is 1.71 bits per heavy atom. The van der Waals surface area contributed by atoms with E-state index in [1.807, 2.05) is 0 Å². The van der Waals surface area contributed by atoms with Crippen LogP contribution in [0.2, 0.25) is 0 Å². The lowest BCUT2D eigenvalue weighted by atomic mass is 10.7. The van der Waals surface area contributed by atoms with E-state index >= 15 is 0 Å². The van der Waals surface area contributed by atoms with Crippen LogP contribution in [0.4, 0.5) is 8.78 Å². The van der Waals surface area contributed by atoms with Crippen molar-refractivity contribution < 1.29 is 13.5 Å². The molecule has 0 aromatic rings. The summed E-state index contributed by atoms with van der Waals surface area (Å²) < 4.78 is 26.7. The van der Waals surface area contributed by atoms with Crippen molar-refractivity contribution in [3.63, 3.8) is 0 Å². The summed E-state index contributed by atoms with van der Waals surface area (Å²) in [5, 5.41) is 0. The summed E-state index contributed by atoms with van der Waals surface area (Å²) in [5.41, 5.74) is 0. The summed E-state index contributed by atoms with van der Waals surface area (Å²) in [5.74, 6) is 0. The fourth-order valence-corrected chi connectivity index (χ4v) is 0.207. The molecule has 3 heteroatoms. The number of hydrogen-bond donors (Lipinski definition) is 0. The minimum Gasteiger partial charge on any atom is -0.346 e. The van der Waals surface area contributed by atoms with Gasteiger partial charge in [0.2, 0.25) is 0 Å². The fourth-order valence-electron chi connectivity index (χ4n) is 0.207. The molecule has 0 aliphatic heterocycles. The molecule has 1 atom stereocenters. The zero-order valence-corrected chi connectivity index (χ0v) is 4.16. The van der Waals surface area contributed by atoms with Gasteiger partial charge in [-0.25, -0.2) is 8.78 Å². The van der Waals surface area contributed by atoms with Gasteiger partial charge in [0.05, 0.1) is 6.61 Å². The molecule has 7 heavy (non-hydrogen) atoms. The molecule has 0 aliphatic carbocycles. The quantitative estimate of drug-likeness (QED) is 0.531. The smallest absolute Gasteiger partial charge is 0.196 e. The monoisotopic (exact) mass is 110 g/mol. The van der Waals surface area contributed by atoms with Crippen molar-refractivity contribution in [1.29, 1.82) is 0 Å². The van der Waals surface area contributed by atoms with Gasteiger partial charge in [-0.05, 0) is 6.92 Å². The van der Waals surface area contributed by atoms with Crippen LogP contribution in [0, 0.1) is 0 Å². The first-order chi connectivity index (χ1) is 3.27. The van der Waals surface area contributed by atoms with Crippen LogP contribution in [0.25, 0.3) is 0 Å². The SMILES string of the molecule is CC(F)OCCF. The first kappa shape index (κ1) is 6.82. The van der Waals surface area contributed by atoms with Crippen LogP contribution in [0.15, 0.2) is 0 Å². The molecule has 0 aromatic carbocycles. The van der Waals surface area contributed by atoms with E-state index in [0.717, 1.165) is 0 Å². The molecule has 0 fully saturated rings. The van der Waals surface area contributed by atoms with Crippen molar-refractivity contribution in [1.82, 2.24) is 0 Å². The molecule has 1 unspecified atom stereocenters. The second-order valence-electron chi connectivity index (χ2n) is 1.10. The van der Waals surface area contributed by atoms with Crippen LogP contribution in [0.3, 0.4) is 0 Å². The summed E-state index contributed by atoms with van der Waals surface area (Å²) in [4.78, 5) is 0. The second-order valence-corrected chi connectivity index (χ2v) is 1.10. The number of hydrogen-bond acceptors (Lipinski definition) is 1. The second kappa shape index (κ2) is 3.99. The van der Waals surface area contributed by atoms with Crippen molar-refractivity contribution >= 4 is 0 Å². The molecule has 1 nitrogen and oxygen atoms in total. The maximum atomic E-state index is 11.5. The summed E-state index contributed by atoms with van der Waals surface area (Å²) >= 11 is 0. The lowest BCUT2D eigenvalue weighted by molar-refractivity contribution is -0.0291. The molecule has 0 aliphatic rings. The van der Waals surface area contributed by atoms with Gasteiger partial charge in [0.25, 0.3) is 0 Å². The third-order valence-electron chi connectivity index (χ3n) is 0.425. The molecule has 0 spiro atoms. The average Bonchev–Trinajstić information content (AvgIpc) is 1.61. The summed E-state index contributed by atoms with van der Waals surface area (Å²) in [6.45, 7) is 0.460. The Morgan fingerprint density at radius 3 is 2.43 bits per heavy atom. The topological polar surface area (TPSA) is 9.23 Å². The standard InChI is InChI=1S/C4H8F2O/c1-4(6)7-3-2-5/h4H,2-3H2,1H3. The van der Waals surface area contributed by atoms with Crippen LogP contribution in [-0.2, 0) is 4.74 Å². The minimum absolute atomic E-state index is 0.141. The van der Waals surface area contributed by atoms with Gasteiger partial charge in [-0.15, -0.1) is 0 Å². The largest absolute Gasteiger partial charge is 0.346 e. The van der Waals surface area contributed by atoms with Gasteiger partial charge < -0.3 is 4.74 Å². The number of rotatable bonds is 3. The Morgan fingerprint density at radius 2 is 2.29 bits per heavy atom. The highest BCUT2D eigenvalue weighted by Crippen LogP contribution is 1.88. The third-order valence-corrected chi connectivity index (χ3v) is 0.425. The molecule has 0 rings (SSSR count). The van der Waals surface area contributed by atoms with Crippen LogP contribution < -0.4 is 0 Å². The van der Waals surface area contributed by atoms with Crippen LogP contribution >= 0.6 is 0 Å². The summed E-state index contributed by atoms with van der Waals surface area (Å²) in [6, 6.07) is 0. The molecule has 0 aromatic heterocycles. The molecule has 0 heterocycles. The normalized spacial score (nSPS) is 14.1. The van der Waals surface area contributed by atoms with Gasteiger partial charge >= 0.3 is 0 Å². The van der Waals surface area contributed by atoms with E-state index in [-0.39, 0.29) is 6.61 Å². The van der Waals surface area contributed by atoms with E-state index in [2.05, 4.69) is 4.74 Å². The van der Waals surface area contributed by atoms with Gasteiger partial charge in [-0.1, -0.05) is 0 Å². The van der Waals surface area contributed by atoms with Crippen molar-refractivity contribution in [2.24, 2.45) is 0 Å². The predicted octanol–water partition coefficient (Wildman–Crippen LogP) is 1.29. The van der Waals surface area contributed by atoms with Gasteiger partial charge in [0.1, 0.15) is 6.67 Å². The van der Waals surface area contributed by atoms with Crippen molar-refractivity contribution in [2.45, 2.75) is 13.3 Å². The van der Waals surface area contributed by atoms with Crippen LogP contribution in [0.5, 0.6) is 0 Å². The highest BCUT2D eigenvalue weighted by atomic mass is 19.1. The first-order valence-corrected chi connectivity index (χ1v) is 2.09. The molecule has 44 valence electrons. The molecular formula is C4H8F2O. The van der Waals surface area contributed by atoms with E-state index in [4.69, 9.17) is 0 Å². The molecule has 0 saturated carbocycles. The van der Waals surface area contributed by atoms with Gasteiger partial charge in [-0.3, -0.25) is 0 Å². The fraction of sp³-hybridized carbons (Fsp3) is 1.00. The zero-order valence-electron chi connectivity index (χ0n) is 4.16. The Balaban J connectivity index is 2.68. The molecule has 0 amide bonds. The van der Waals surface area contributed by atoms with Crippen molar-refractivity contribution in [3.8, 4) is 0 Å². The molecule has 0 N–H and O–H groups in total. The first-order valence-electron chi connectivity index (χ1n) is 2.09. The van der Waals surface area contributed by atoms with Crippen LogP contribution in [-0.4, -0.2) is 19.6 Å². The van der Waals surface area contributed by atoms with Gasteiger partial charge in [-0.2, -0.15) is 0 Å². The molecule has 0 saturated heterocycles. The minimum atomic E-state index is -1.34. The highest BCUT2D eigenvalue weighted by Gasteiger charge is 1.92. The van der Waals surface area contributed by atoms with Crippen molar-refractivity contribution in [2.75, 3.05) is 13.3 Å². The van der Waals surface area contributed by atoms with Gasteiger partial charge in [0.15, 0.2) is 6.36 Å². The van der Waals surface area contributed by atoms with E-state index in [1.165, 1.54) is 6.92 Å². The Hall–Kier alpha value is -0.180. The lowest BCUT2D eigenvalue weighted by Crippen LogP contribution is -2.02. The number of alkyl halides is 2.